The lowest BCUT2D eigenvalue weighted by atomic mass is 9.76. The van der Waals surface area contributed by atoms with E-state index in [1.165, 1.54) is 6.07 Å². The van der Waals surface area contributed by atoms with Gasteiger partial charge in [-0.25, -0.2) is 8.78 Å². The van der Waals surface area contributed by atoms with Crippen LogP contribution in [0.1, 0.15) is 19.4 Å². The first-order chi connectivity index (χ1) is 7.95. The van der Waals surface area contributed by atoms with Crippen LogP contribution in [-0.4, -0.2) is 11.8 Å². The van der Waals surface area contributed by atoms with Crippen molar-refractivity contribution in [3.8, 4) is 0 Å². The van der Waals surface area contributed by atoms with E-state index in [1.54, 1.807) is 0 Å². The van der Waals surface area contributed by atoms with Crippen molar-refractivity contribution in [3.05, 3.63) is 35.4 Å². The number of rotatable bonds is 5. The van der Waals surface area contributed by atoms with Gasteiger partial charge in [0.2, 0.25) is 0 Å². The molecule has 0 saturated carbocycles. The van der Waals surface area contributed by atoms with E-state index in [2.05, 4.69) is 0 Å². The second-order valence-corrected chi connectivity index (χ2v) is 5.23. The minimum Gasteiger partial charge on any atom is -0.207 e. The van der Waals surface area contributed by atoms with Gasteiger partial charge in [-0.2, -0.15) is 0 Å². The molecule has 1 aromatic rings. The fourth-order valence-electron chi connectivity index (χ4n) is 1.70. The normalized spacial score (nSPS) is 12.2. The molecular weight excluding hydrogens is 265 g/mol. The van der Waals surface area contributed by atoms with Crippen molar-refractivity contribution in [2.24, 2.45) is 11.3 Å². The maximum absolute atomic E-state index is 13.6. The summed E-state index contributed by atoms with van der Waals surface area (Å²) in [4.78, 5) is 0. The molecule has 0 radical (unpaired) electrons. The van der Waals surface area contributed by atoms with Gasteiger partial charge >= 0.3 is 0 Å². The number of halogens is 4. The van der Waals surface area contributed by atoms with Crippen molar-refractivity contribution in [1.82, 2.24) is 0 Å². The van der Waals surface area contributed by atoms with Crippen molar-refractivity contribution in [3.63, 3.8) is 0 Å². The van der Waals surface area contributed by atoms with Gasteiger partial charge in [0.05, 0.1) is 0 Å². The highest BCUT2D eigenvalue weighted by Crippen LogP contribution is 2.35. The molecule has 0 fully saturated rings. The molecule has 0 atom stereocenters. The molecule has 1 rings (SSSR count). The first kappa shape index (κ1) is 14.7. The van der Waals surface area contributed by atoms with Crippen LogP contribution < -0.4 is 0 Å². The van der Waals surface area contributed by atoms with Crippen LogP contribution in [0.25, 0.3) is 0 Å². The average Bonchev–Trinajstić information content (AvgIpc) is 2.30. The fourth-order valence-corrected chi connectivity index (χ4v) is 2.79. The zero-order valence-corrected chi connectivity index (χ0v) is 11.5. The van der Waals surface area contributed by atoms with E-state index in [1.807, 2.05) is 13.8 Å². The van der Waals surface area contributed by atoms with Crippen LogP contribution in [-0.2, 0) is 6.42 Å². The van der Waals surface area contributed by atoms with Crippen LogP contribution in [0.15, 0.2) is 18.2 Å². The second kappa shape index (κ2) is 6.01. The lowest BCUT2D eigenvalue weighted by molar-refractivity contribution is 0.255. The lowest BCUT2D eigenvalue weighted by Gasteiger charge is -2.34. The molecule has 0 unspecified atom stereocenters. The minimum atomic E-state index is -0.441. The van der Waals surface area contributed by atoms with Crippen molar-refractivity contribution in [1.29, 1.82) is 0 Å². The van der Waals surface area contributed by atoms with Crippen molar-refractivity contribution in [2.75, 3.05) is 11.8 Å². The third kappa shape index (κ3) is 3.32. The van der Waals surface area contributed by atoms with E-state index in [0.29, 0.717) is 23.7 Å². The number of hydrogen-bond acceptors (Lipinski definition) is 0. The zero-order valence-electron chi connectivity index (χ0n) is 9.94. The smallest absolute Gasteiger partial charge is 0.126 e. The monoisotopic (exact) mass is 280 g/mol. The van der Waals surface area contributed by atoms with Crippen LogP contribution in [0.4, 0.5) is 8.78 Å². The molecule has 17 heavy (non-hydrogen) atoms. The van der Waals surface area contributed by atoms with Gasteiger partial charge < -0.3 is 0 Å². The van der Waals surface area contributed by atoms with E-state index < -0.39 is 17.0 Å². The molecule has 0 bridgehead atoms. The Balaban J connectivity index is 3.05. The van der Waals surface area contributed by atoms with Crippen molar-refractivity contribution >= 4 is 23.2 Å². The predicted molar refractivity (Wildman–Crippen MR) is 68.8 cm³/mol. The van der Waals surface area contributed by atoms with E-state index in [4.69, 9.17) is 23.2 Å². The SMILES string of the molecule is CC(C)C(CCl)(CCl)Cc1cc(F)ccc1F. The van der Waals surface area contributed by atoms with Crippen molar-refractivity contribution in [2.45, 2.75) is 20.3 Å². The van der Waals surface area contributed by atoms with Gasteiger partial charge in [-0.15, -0.1) is 23.2 Å². The largest absolute Gasteiger partial charge is 0.207 e. The van der Waals surface area contributed by atoms with Gasteiger partial charge in [-0.1, -0.05) is 13.8 Å². The highest BCUT2D eigenvalue weighted by molar-refractivity contribution is 6.21. The molecule has 0 aromatic heterocycles. The van der Waals surface area contributed by atoms with Gasteiger partial charge in [-0.3, -0.25) is 0 Å². The molecule has 0 aliphatic rings. The maximum atomic E-state index is 13.6. The number of alkyl halides is 2. The van der Waals surface area contributed by atoms with Gasteiger partial charge in [0.1, 0.15) is 11.6 Å². The van der Waals surface area contributed by atoms with Gasteiger partial charge in [0.15, 0.2) is 0 Å². The Bertz CT molecular complexity index is 374. The van der Waals surface area contributed by atoms with Crippen LogP contribution in [0.3, 0.4) is 0 Å². The van der Waals surface area contributed by atoms with E-state index in [9.17, 15) is 8.78 Å². The quantitative estimate of drug-likeness (QED) is 0.690. The molecule has 0 aliphatic heterocycles. The standard InChI is InChI=1S/C13H16Cl2F2/c1-9(2)13(7-14,8-15)6-10-5-11(16)3-4-12(10)17/h3-5,9H,6-8H2,1-2H3. The Labute approximate surface area is 111 Å². The Hall–Kier alpha value is -0.340. The predicted octanol–water partition coefficient (Wildman–Crippen LogP) is 4.63. The van der Waals surface area contributed by atoms with E-state index in [0.717, 1.165) is 12.1 Å². The average molecular weight is 281 g/mol. The van der Waals surface area contributed by atoms with E-state index in [-0.39, 0.29) is 5.92 Å². The Kier molecular flexibility index (Phi) is 5.21. The summed E-state index contributed by atoms with van der Waals surface area (Å²) in [5, 5.41) is 0. The molecule has 0 heterocycles. The molecule has 0 N–H and O–H groups in total. The Morgan fingerprint density at radius 2 is 1.76 bits per heavy atom. The van der Waals surface area contributed by atoms with Gasteiger partial charge in [0, 0.05) is 17.2 Å². The Morgan fingerprint density at radius 1 is 1.18 bits per heavy atom. The van der Waals surface area contributed by atoms with Crippen LogP contribution in [0.5, 0.6) is 0 Å². The van der Waals surface area contributed by atoms with Gasteiger partial charge in [0.25, 0.3) is 0 Å². The first-order valence-electron chi connectivity index (χ1n) is 5.51. The summed E-state index contributed by atoms with van der Waals surface area (Å²) in [5.41, 5.74) is -0.0717. The summed E-state index contributed by atoms with van der Waals surface area (Å²) in [7, 11) is 0. The summed E-state index contributed by atoms with van der Waals surface area (Å²) in [6.07, 6.45) is 0.348. The molecule has 1 aromatic carbocycles. The molecule has 0 spiro atoms. The second-order valence-electron chi connectivity index (χ2n) is 4.70. The number of benzene rings is 1. The van der Waals surface area contributed by atoms with Gasteiger partial charge in [-0.05, 0) is 36.1 Å². The van der Waals surface area contributed by atoms with Crippen LogP contribution in [0.2, 0.25) is 0 Å². The molecule has 0 saturated heterocycles. The zero-order chi connectivity index (χ0) is 13.1. The third-order valence-electron chi connectivity index (χ3n) is 3.31. The molecule has 0 nitrogen and oxygen atoms in total. The molecule has 0 amide bonds. The highest BCUT2D eigenvalue weighted by Gasteiger charge is 2.33. The molecular formula is C13H16Cl2F2. The summed E-state index contributed by atoms with van der Waals surface area (Å²) in [6, 6.07) is 3.46. The van der Waals surface area contributed by atoms with Crippen LogP contribution in [0, 0.1) is 23.0 Å². The molecule has 96 valence electrons. The lowest BCUT2D eigenvalue weighted by Crippen LogP contribution is -2.34. The summed E-state index contributed by atoms with van der Waals surface area (Å²) in [6.45, 7) is 3.98. The van der Waals surface area contributed by atoms with Crippen molar-refractivity contribution < 1.29 is 8.78 Å². The summed E-state index contributed by atoms with van der Waals surface area (Å²) in [5.74, 6) is -0.0103. The minimum absolute atomic E-state index is 0.195. The van der Waals surface area contributed by atoms with Crippen LogP contribution >= 0.6 is 23.2 Å². The Morgan fingerprint density at radius 3 is 2.24 bits per heavy atom. The molecule has 0 aliphatic carbocycles. The number of hydrogen-bond donors (Lipinski definition) is 0. The summed E-state index contributed by atoms with van der Waals surface area (Å²) >= 11 is 11.9. The topological polar surface area (TPSA) is 0 Å². The fraction of sp³-hybridized carbons (Fsp3) is 0.538. The molecule has 4 heteroatoms. The maximum Gasteiger partial charge on any atom is 0.126 e. The summed E-state index contributed by atoms with van der Waals surface area (Å²) < 4.78 is 26.7. The third-order valence-corrected chi connectivity index (χ3v) is 4.37. The first-order valence-corrected chi connectivity index (χ1v) is 6.58. The highest BCUT2D eigenvalue weighted by atomic mass is 35.5. The van der Waals surface area contributed by atoms with E-state index >= 15 is 0 Å².